The van der Waals surface area contributed by atoms with Crippen LogP contribution in [0, 0.1) is 0 Å². The molecule has 1 aliphatic carbocycles. The van der Waals surface area contributed by atoms with E-state index in [0.29, 0.717) is 4.47 Å². The van der Waals surface area contributed by atoms with Crippen LogP contribution >= 0.6 is 15.9 Å². The summed E-state index contributed by atoms with van der Waals surface area (Å²) in [6, 6.07) is 5.80. The lowest BCUT2D eigenvalue weighted by atomic mass is 9.82. The van der Waals surface area contributed by atoms with Crippen LogP contribution in [0.2, 0.25) is 0 Å². The van der Waals surface area contributed by atoms with Crippen molar-refractivity contribution in [3.8, 4) is 5.75 Å². The third-order valence-corrected chi connectivity index (χ3v) is 4.03. The number of carbonyl (C=O) groups excluding carboxylic acids is 2. The molecule has 0 saturated heterocycles. The highest BCUT2D eigenvalue weighted by Gasteiger charge is 2.35. The van der Waals surface area contributed by atoms with E-state index in [2.05, 4.69) is 15.9 Å². The number of nitrogens with two attached hydrogens (primary N) is 2. The van der Waals surface area contributed by atoms with Crippen molar-refractivity contribution in [2.45, 2.75) is 0 Å². The summed E-state index contributed by atoms with van der Waals surface area (Å²) in [5.41, 5.74) is 12.2. The van der Waals surface area contributed by atoms with Gasteiger partial charge >= 0.3 is 0 Å². The van der Waals surface area contributed by atoms with Gasteiger partial charge in [0, 0.05) is 15.7 Å². The van der Waals surface area contributed by atoms with Crippen LogP contribution < -0.4 is 11.5 Å². The number of ketones is 2. The monoisotopic (exact) mass is 332 g/mol. The van der Waals surface area contributed by atoms with Gasteiger partial charge in [-0.2, -0.15) is 0 Å². The molecule has 6 heteroatoms. The Morgan fingerprint density at radius 1 is 0.900 bits per heavy atom. The summed E-state index contributed by atoms with van der Waals surface area (Å²) in [5, 5.41) is 9.87. The van der Waals surface area contributed by atoms with E-state index in [-0.39, 0.29) is 39.4 Å². The molecule has 100 valence electrons. The van der Waals surface area contributed by atoms with Crippen LogP contribution in [-0.2, 0) is 0 Å². The fourth-order valence-electron chi connectivity index (χ4n) is 2.37. The van der Waals surface area contributed by atoms with Gasteiger partial charge in [0.1, 0.15) is 5.75 Å². The SMILES string of the molecule is Nc1ccc(O)c2c1C(=O)c1ccc(Br)c(N)c1C2=O. The summed E-state index contributed by atoms with van der Waals surface area (Å²) in [5.74, 6) is -1.20. The maximum absolute atomic E-state index is 12.5. The molecule has 3 rings (SSSR count). The van der Waals surface area contributed by atoms with Crippen LogP contribution in [0.15, 0.2) is 28.7 Å². The molecule has 0 saturated carbocycles. The first-order chi connectivity index (χ1) is 9.43. The Morgan fingerprint density at radius 2 is 1.60 bits per heavy atom. The predicted molar refractivity (Wildman–Crippen MR) is 77.9 cm³/mol. The minimum atomic E-state index is -0.502. The number of fused-ring (bicyclic) bond motifs is 2. The predicted octanol–water partition coefficient (Wildman–Crippen LogP) is 2.09. The van der Waals surface area contributed by atoms with E-state index >= 15 is 0 Å². The molecule has 2 aromatic rings. The summed E-state index contributed by atoms with van der Waals surface area (Å²) in [7, 11) is 0. The fourth-order valence-corrected chi connectivity index (χ4v) is 2.70. The lowest BCUT2D eigenvalue weighted by Gasteiger charge is -2.21. The van der Waals surface area contributed by atoms with Crippen molar-refractivity contribution in [3.63, 3.8) is 0 Å². The molecule has 1 aliphatic rings. The molecule has 0 unspecified atom stereocenters. The van der Waals surface area contributed by atoms with Crippen LogP contribution in [-0.4, -0.2) is 16.7 Å². The summed E-state index contributed by atoms with van der Waals surface area (Å²) in [6.07, 6.45) is 0. The topological polar surface area (TPSA) is 106 Å². The minimum Gasteiger partial charge on any atom is -0.507 e. The minimum absolute atomic E-state index is 0.0317. The number of benzene rings is 2. The number of hydrogen-bond acceptors (Lipinski definition) is 5. The Labute approximate surface area is 122 Å². The Balaban J connectivity index is 2.43. The molecule has 0 bridgehead atoms. The maximum atomic E-state index is 12.5. The van der Waals surface area contributed by atoms with Crippen molar-refractivity contribution in [3.05, 3.63) is 51.0 Å². The number of phenolic OH excluding ortho intramolecular Hbond substituents is 1. The Kier molecular flexibility index (Phi) is 2.58. The van der Waals surface area contributed by atoms with E-state index in [0.717, 1.165) is 0 Å². The highest BCUT2D eigenvalue weighted by molar-refractivity contribution is 9.10. The van der Waals surface area contributed by atoms with Crippen LogP contribution in [0.1, 0.15) is 31.8 Å². The van der Waals surface area contributed by atoms with Crippen molar-refractivity contribution < 1.29 is 14.7 Å². The number of aromatic hydroxyl groups is 1. The highest BCUT2D eigenvalue weighted by atomic mass is 79.9. The molecule has 5 nitrogen and oxygen atoms in total. The molecule has 0 fully saturated rings. The molecule has 0 heterocycles. The van der Waals surface area contributed by atoms with Gasteiger partial charge in [-0.15, -0.1) is 0 Å². The second-order valence-electron chi connectivity index (χ2n) is 4.47. The summed E-state index contributed by atoms with van der Waals surface area (Å²) in [4.78, 5) is 25.0. The zero-order valence-electron chi connectivity index (χ0n) is 10.1. The highest BCUT2D eigenvalue weighted by Crippen LogP contribution is 2.39. The number of rotatable bonds is 0. The van der Waals surface area contributed by atoms with Gasteiger partial charge in [-0.05, 0) is 40.2 Å². The number of phenols is 1. The lowest BCUT2D eigenvalue weighted by molar-refractivity contribution is 0.0978. The van der Waals surface area contributed by atoms with E-state index in [1.807, 2.05) is 0 Å². The van der Waals surface area contributed by atoms with Crippen molar-refractivity contribution >= 4 is 38.9 Å². The molecule has 5 N–H and O–H groups in total. The van der Waals surface area contributed by atoms with Gasteiger partial charge in [0.2, 0.25) is 0 Å². The molecular formula is C14H9BrN2O3. The van der Waals surface area contributed by atoms with Gasteiger partial charge < -0.3 is 16.6 Å². The smallest absolute Gasteiger partial charge is 0.200 e. The standard InChI is InChI=1S/C14H9BrN2O3/c15-6-2-1-5-9(12(6)17)14(20)11-8(18)4-3-7(16)10(11)13(5)19/h1-4,18H,16-17H2. The third-order valence-electron chi connectivity index (χ3n) is 3.33. The van der Waals surface area contributed by atoms with E-state index in [1.54, 1.807) is 6.07 Å². The van der Waals surface area contributed by atoms with Crippen LogP contribution in [0.5, 0.6) is 5.75 Å². The number of anilines is 2. The largest absolute Gasteiger partial charge is 0.507 e. The van der Waals surface area contributed by atoms with Crippen LogP contribution in [0.4, 0.5) is 11.4 Å². The molecule has 0 amide bonds. The second kappa shape index (κ2) is 4.08. The van der Waals surface area contributed by atoms with Gasteiger partial charge in [-0.25, -0.2) is 0 Å². The van der Waals surface area contributed by atoms with Crippen molar-refractivity contribution in [2.24, 2.45) is 0 Å². The summed E-state index contributed by atoms with van der Waals surface area (Å²) in [6.45, 7) is 0. The quantitative estimate of drug-likeness (QED) is 0.431. The van der Waals surface area contributed by atoms with E-state index in [9.17, 15) is 14.7 Å². The van der Waals surface area contributed by atoms with Gasteiger partial charge in [-0.3, -0.25) is 9.59 Å². The third kappa shape index (κ3) is 1.48. The molecule has 0 aliphatic heterocycles. The molecular weight excluding hydrogens is 324 g/mol. The maximum Gasteiger partial charge on any atom is 0.200 e. The first-order valence-corrected chi connectivity index (χ1v) is 6.51. The average Bonchev–Trinajstić information content (AvgIpc) is 2.41. The number of nitrogen functional groups attached to an aromatic ring is 2. The van der Waals surface area contributed by atoms with Gasteiger partial charge in [-0.1, -0.05) is 0 Å². The molecule has 0 radical (unpaired) electrons. The molecule has 0 spiro atoms. The lowest BCUT2D eigenvalue weighted by Crippen LogP contribution is -2.24. The fraction of sp³-hybridized carbons (Fsp3) is 0. The molecule has 0 aromatic heterocycles. The second-order valence-corrected chi connectivity index (χ2v) is 5.32. The zero-order chi connectivity index (χ0) is 14.6. The molecule has 20 heavy (non-hydrogen) atoms. The van der Waals surface area contributed by atoms with Gasteiger partial charge in [0.05, 0.1) is 22.4 Å². The van der Waals surface area contributed by atoms with Gasteiger partial charge in [0.25, 0.3) is 0 Å². The summed E-state index contributed by atoms with van der Waals surface area (Å²) >= 11 is 3.22. The normalized spacial score (nSPS) is 13.1. The van der Waals surface area contributed by atoms with E-state index in [4.69, 9.17) is 11.5 Å². The van der Waals surface area contributed by atoms with Crippen molar-refractivity contribution in [1.29, 1.82) is 0 Å². The van der Waals surface area contributed by atoms with E-state index < -0.39 is 11.6 Å². The Hall–Kier alpha value is -2.34. The average molecular weight is 333 g/mol. The Morgan fingerprint density at radius 3 is 2.30 bits per heavy atom. The van der Waals surface area contributed by atoms with Crippen molar-refractivity contribution in [2.75, 3.05) is 11.5 Å². The van der Waals surface area contributed by atoms with Crippen LogP contribution in [0.25, 0.3) is 0 Å². The number of carbonyl (C=O) groups is 2. The molecule has 0 atom stereocenters. The van der Waals surface area contributed by atoms with Crippen LogP contribution in [0.3, 0.4) is 0 Å². The first kappa shape index (κ1) is 12.7. The zero-order valence-corrected chi connectivity index (χ0v) is 11.7. The van der Waals surface area contributed by atoms with Crippen molar-refractivity contribution in [1.82, 2.24) is 0 Å². The number of hydrogen-bond donors (Lipinski definition) is 3. The van der Waals surface area contributed by atoms with Gasteiger partial charge in [0.15, 0.2) is 11.6 Å². The summed E-state index contributed by atoms with van der Waals surface area (Å²) < 4.78 is 0.518. The Bertz CT molecular complexity index is 795. The molecule has 2 aromatic carbocycles. The first-order valence-electron chi connectivity index (χ1n) is 5.72. The van der Waals surface area contributed by atoms with E-state index in [1.165, 1.54) is 18.2 Å². The number of halogens is 1.